The van der Waals surface area contributed by atoms with Gasteiger partial charge < -0.3 is 10.5 Å². The second-order valence-electron chi connectivity index (χ2n) is 6.50. The molecule has 0 atom stereocenters. The number of hydrogen-bond donors (Lipinski definition) is 1. The molecule has 0 aliphatic carbocycles. The maximum atomic E-state index is 12.6. The third-order valence-corrected chi connectivity index (χ3v) is 4.80. The van der Waals surface area contributed by atoms with E-state index in [1.54, 1.807) is 19.3 Å². The number of Topliss-reactive ketones (excluding diaryl/α,β-unsaturated/α-hetero) is 1. The molecule has 0 aromatic heterocycles. The molecule has 0 heterocycles. The Labute approximate surface area is 162 Å². The number of aryl methyl sites for hydroxylation is 2. The van der Waals surface area contributed by atoms with Crippen LogP contribution in [0.25, 0.3) is 16.7 Å². The topological polar surface area (TPSA) is 52.3 Å². The van der Waals surface area contributed by atoms with Gasteiger partial charge in [-0.1, -0.05) is 44.2 Å². The van der Waals surface area contributed by atoms with Crippen molar-refractivity contribution in [2.75, 3.05) is 7.11 Å². The highest BCUT2D eigenvalue weighted by atomic mass is 16.5. The summed E-state index contributed by atoms with van der Waals surface area (Å²) in [5, 5.41) is 0. The molecule has 0 aliphatic heterocycles. The average molecular weight is 364 g/mol. The van der Waals surface area contributed by atoms with E-state index in [2.05, 4.69) is 31.2 Å². The molecule has 2 N–H and O–H groups in total. The maximum Gasteiger partial charge on any atom is 0.163 e. The Bertz CT molecular complexity index is 869. The van der Waals surface area contributed by atoms with E-state index < -0.39 is 0 Å². The molecule has 0 bridgehead atoms. The molecule has 0 saturated carbocycles. The standard InChI is InChI=1S/C24H29NO2/c1-6-17-10-9-11-23(27-5)24(17)18-13-12-16(4)20(14-18)21(22(26)8-3)15-19(25)7-2/h7,9-15H,6,8,25H2,1-5H3/b19-7-,21-15+. The number of carbonyl (C=O) groups is 1. The molecular weight excluding hydrogens is 334 g/mol. The summed E-state index contributed by atoms with van der Waals surface area (Å²) in [5.41, 5.74) is 12.5. The summed E-state index contributed by atoms with van der Waals surface area (Å²) in [5.74, 6) is 0.917. The highest BCUT2D eigenvalue weighted by molar-refractivity contribution is 6.21. The van der Waals surface area contributed by atoms with Crippen LogP contribution in [0.15, 0.2) is 54.2 Å². The van der Waals surface area contributed by atoms with Crippen LogP contribution in [0.3, 0.4) is 0 Å². The van der Waals surface area contributed by atoms with Crippen LogP contribution in [0.5, 0.6) is 5.75 Å². The first-order valence-electron chi connectivity index (χ1n) is 9.40. The normalized spacial score (nSPS) is 12.2. The highest BCUT2D eigenvalue weighted by Crippen LogP contribution is 2.36. The molecule has 0 spiro atoms. The lowest BCUT2D eigenvalue weighted by molar-refractivity contribution is -0.113. The van der Waals surface area contributed by atoms with Crippen molar-refractivity contribution in [2.24, 2.45) is 5.73 Å². The second kappa shape index (κ2) is 9.22. The fraction of sp³-hybridized carbons (Fsp3) is 0.292. The zero-order valence-corrected chi connectivity index (χ0v) is 16.9. The van der Waals surface area contributed by atoms with Crippen molar-refractivity contribution in [3.63, 3.8) is 0 Å². The average Bonchev–Trinajstić information content (AvgIpc) is 2.71. The fourth-order valence-electron chi connectivity index (χ4n) is 3.19. The minimum atomic E-state index is 0.0794. The van der Waals surface area contributed by atoms with Gasteiger partial charge in [0.1, 0.15) is 5.75 Å². The number of benzene rings is 2. The molecule has 0 aliphatic rings. The summed E-state index contributed by atoms with van der Waals surface area (Å²) >= 11 is 0. The van der Waals surface area contributed by atoms with E-state index in [9.17, 15) is 4.79 Å². The zero-order valence-electron chi connectivity index (χ0n) is 16.9. The minimum absolute atomic E-state index is 0.0794. The summed E-state index contributed by atoms with van der Waals surface area (Å²) in [4.78, 5) is 12.6. The van der Waals surface area contributed by atoms with Gasteiger partial charge in [0.2, 0.25) is 0 Å². The predicted octanol–water partition coefficient (Wildman–Crippen LogP) is 5.46. The Morgan fingerprint density at radius 2 is 1.93 bits per heavy atom. The Hall–Kier alpha value is -2.81. The first-order chi connectivity index (χ1) is 13.0. The molecule has 2 aromatic rings. The Morgan fingerprint density at radius 1 is 1.19 bits per heavy atom. The van der Waals surface area contributed by atoms with Crippen LogP contribution in [0.1, 0.15) is 43.9 Å². The number of allylic oxidation sites excluding steroid dienone is 3. The Morgan fingerprint density at radius 3 is 2.52 bits per heavy atom. The Kier molecular flexibility index (Phi) is 7.00. The number of ketones is 1. The van der Waals surface area contributed by atoms with Crippen LogP contribution in [0.4, 0.5) is 0 Å². The van der Waals surface area contributed by atoms with E-state index in [0.29, 0.717) is 17.7 Å². The van der Waals surface area contributed by atoms with E-state index >= 15 is 0 Å². The van der Waals surface area contributed by atoms with Gasteiger partial charge in [0.15, 0.2) is 5.78 Å². The van der Waals surface area contributed by atoms with Crippen LogP contribution >= 0.6 is 0 Å². The van der Waals surface area contributed by atoms with Crippen LogP contribution < -0.4 is 10.5 Å². The quantitative estimate of drug-likeness (QED) is 0.525. The van der Waals surface area contributed by atoms with E-state index in [4.69, 9.17) is 10.5 Å². The number of ether oxygens (including phenoxy) is 1. The van der Waals surface area contributed by atoms with Gasteiger partial charge in [0.05, 0.1) is 7.11 Å². The van der Waals surface area contributed by atoms with Gasteiger partial charge in [-0.15, -0.1) is 0 Å². The molecular formula is C24H29NO2. The fourth-order valence-corrected chi connectivity index (χ4v) is 3.19. The lowest BCUT2D eigenvalue weighted by Crippen LogP contribution is -2.05. The van der Waals surface area contributed by atoms with E-state index in [0.717, 1.165) is 34.4 Å². The van der Waals surface area contributed by atoms with Gasteiger partial charge >= 0.3 is 0 Å². The van der Waals surface area contributed by atoms with Gasteiger partial charge in [-0.3, -0.25) is 4.79 Å². The largest absolute Gasteiger partial charge is 0.496 e. The van der Waals surface area contributed by atoms with Gasteiger partial charge in [-0.2, -0.15) is 0 Å². The molecule has 0 radical (unpaired) electrons. The van der Waals surface area contributed by atoms with Crippen molar-refractivity contribution >= 4 is 11.4 Å². The highest BCUT2D eigenvalue weighted by Gasteiger charge is 2.16. The first-order valence-corrected chi connectivity index (χ1v) is 9.40. The number of methoxy groups -OCH3 is 1. The smallest absolute Gasteiger partial charge is 0.163 e. The molecule has 0 amide bonds. The van der Waals surface area contributed by atoms with E-state index in [1.807, 2.05) is 32.9 Å². The first kappa shape index (κ1) is 20.5. The van der Waals surface area contributed by atoms with Crippen molar-refractivity contribution < 1.29 is 9.53 Å². The molecule has 142 valence electrons. The maximum absolute atomic E-state index is 12.6. The number of rotatable bonds is 7. The number of carbonyl (C=O) groups excluding carboxylic acids is 1. The SMILES string of the molecule is C/C=C(N)/C=C(/C(=O)CC)c1cc(-c2c(CC)cccc2OC)ccc1C. The van der Waals surface area contributed by atoms with E-state index in [-0.39, 0.29) is 5.78 Å². The lowest BCUT2D eigenvalue weighted by atomic mass is 9.89. The summed E-state index contributed by atoms with van der Waals surface area (Å²) in [6.07, 6.45) is 4.91. The van der Waals surface area contributed by atoms with Gasteiger partial charge in [0, 0.05) is 23.3 Å². The van der Waals surface area contributed by atoms with Crippen molar-refractivity contribution in [3.05, 3.63) is 70.9 Å². The number of hydrogen-bond acceptors (Lipinski definition) is 3. The van der Waals surface area contributed by atoms with Crippen molar-refractivity contribution in [2.45, 2.75) is 40.5 Å². The zero-order chi connectivity index (χ0) is 20.0. The summed E-state index contributed by atoms with van der Waals surface area (Å²) in [6, 6.07) is 12.3. The predicted molar refractivity (Wildman–Crippen MR) is 114 cm³/mol. The van der Waals surface area contributed by atoms with Gasteiger partial charge in [-0.05, 0) is 60.7 Å². The second-order valence-corrected chi connectivity index (χ2v) is 6.50. The van der Waals surface area contributed by atoms with Crippen molar-refractivity contribution in [1.29, 1.82) is 0 Å². The van der Waals surface area contributed by atoms with Crippen LogP contribution in [0, 0.1) is 6.92 Å². The third-order valence-electron chi connectivity index (χ3n) is 4.80. The molecule has 2 aromatic carbocycles. The van der Waals surface area contributed by atoms with Crippen LogP contribution in [-0.4, -0.2) is 12.9 Å². The van der Waals surface area contributed by atoms with E-state index in [1.165, 1.54) is 5.56 Å². The Balaban J connectivity index is 2.73. The molecule has 0 fully saturated rings. The minimum Gasteiger partial charge on any atom is -0.496 e. The molecule has 3 nitrogen and oxygen atoms in total. The lowest BCUT2D eigenvalue weighted by Gasteiger charge is -2.16. The monoisotopic (exact) mass is 363 g/mol. The molecule has 0 saturated heterocycles. The van der Waals surface area contributed by atoms with Crippen molar-refractivity contribution in [1.82, 2.24) is 0 Å². The van der Waals surface area contributed by atoms with Crippen LogP contribution in [0.2, 0.25) is 0 Å². The summed E-state index contributed by atoms with van der Waals surface area (Å²) < 4.78 is 5.61. The van der Waals surface area contributed by atoms with Crippen LogP contribution in [-0.2, 0) is 11.2 Å². The summed E-state index contributed by atoms with van der Waals surface area (Å²) in [7, 11) is 1.69. The number of nitrogens with two attached hydrogens (primary N) is 1. The molecule has 0 unspecified atom stereocenters. The molecule has 2 rings (SSSR count). The molecule has 3 heteroatoms. The van der Waals surface area contributed by atoms with Gasteiger partial charge in [-0.25, -0.2) is 0 Å². The third kappa shape index (κ3) is 4.48. The van der Waals surface area contributed by atoms with Gasteiger partial charge in [0.25, 0.3) is 0 Å². The van der Waals surface area contributed by atoms with Crippen molar-refractivity contribution in [3.8, 4) is 16.9 Å². The summed E-state index contributed by atoms with van der Waals surface area (Å²) in [6.45, 7) is 7.89. The molecule has 27 heavy (non-hydrogen) atoms.